The molecule has 1 nitrogen and oxygen atoms in total. The van der Waals surface area contributed by atoms with Gasteiger partial charge in [0.25, 0.3) is 0 Å². The SMILES string of the molecule is Cc1ccc(S(=O)c2cc(C)ccc2C)cc1. The number of hydrogen-bond acceptors (Lipinski definition) is 1. The summed E-state index contributed by atoms with van der Waals surface area (Å²) in [6, 6.07) is 13.9. The zero-order valence-electron chi connectivity index (χ0n) is 10.4. The molecule has 1 unspecified atom stereocenters. The number of benzene rings is 2. The molecule has 2 aromatic carbocycles. The maximum atomic E-state index is 12.4. The van der Waals surface area contributed by atoms with Crippen molar-refractivity contribution in [1.82, 2.24) is 0 Å². The van der Waals surface area contributed by atoms with Crippen molar-refractivity contribution in [3.63, 3.8) is 0 Å². The number of rotatable bonds is 2. The quantitative estimate of drug-likeness (QED) is 0.785. The molecule has 0 radical (unpaired) electrons. The first-order valence-electron chi connectivity index (χ1n) is 5.63. The molecule has 2 heteroatoms. The molecule has 0 amide bonds. The van der Waals surface area contributed by atoms with Gasteiger partial charge in [-0.25, -0.2) is 4.21 Å². The lowest BCUT2D eigenvalue weighted by molar-refractivity contribution is 0.682. The molecule has 0 N–H and O–H groups in total. The van der Waals surface area contributed by atoms with Crippen LogP contribution in [0, 0.1) is 20.8 Å². The Morgan fingerprint density at radius 1 is 0.824 bits per heavy atom. The van der Waals surface area contributed by atoms with Gasteiger partial charge in [-0.1, -0.05) is 29.8 Å². The van der Waals surface area contributed by atoms with Gasteiger partial charge in [-0.3, -0.25) is 0 Å². The highest BCUT2D eigenvalue weighted by molar-refractivity contribution is 7.85. The molecule has 0 aliphatic carbocycles. The van der Waals surface area contributed by atoms with E-state index < -0.39 is 10.8 Å². The van der Waals surface area contributed by atoms with E-state index in [1.54, 1.807) is 0 Å². The Labute approximate surface area is 105 Å². The van der Waals surface area contributed by atoms with Gasteiger partial charge in [-0.15, -0.1) is 0 Å². The molecular weight excluding hydrogens is 228 g/mol. The van der Waals surface area contributed by atoms with Crippen LogP contribution in [0.2, 0.25) is 0 Å². The summed E-state index contributed by atoms with van der Waals surface area (Å²) in [4.78, 5) is 1.78. The van der Waals surface area contributed by atoms with Crippen molar-refractivity contribution >= 4 is 10.8 Å². The van der Waals surface area contributed by atoms with Gasteiger partial charge in [0.1, 0.15) is 0 Å². The second-order valence-corrected chi connectivity index (χ2v) is 5.80. The Hall–Kier alpha value is -1.41. The van der Waals surface area contributed by atoms with Crippen LogP contribution in [0.1, 0.15) is 16.7 Å². The molecule has 1 atom stereocenters. The summed E-state index contributed by atoms with van der Waals surface area (Å²) >= 11 is 0. The molecule has 2 aromatic rings. The number of aryl methyl sites for hydroxylation is 3. The third-order valence-electron chi connectivity index (χ3n) is 2.78. The fraction of sp³-hybridized carbons (Fsp3) is 0.200. The largest absolute Gasteiger partial charge is 0.249 e. The minimum atomic E-state index is -1.08. The van der Waals surface area contributed by atoms with Gasteiger partial charge >= 0.3 is 0 Å². The average Bonchev–Trinajstić information content (AvgIpc) is 2.32. The van der Waals surface area contributed by atoms with Crippen molar-refractivity contribution in [2.45, 2.75) is 30.6 Å². The van der Waals surface area contributed by atoms with Gasteiger partial charge in [0, 0.05) is 9.79 Å². The van der Waals surface area contributed by atoms with Gasteiger partial charge in [-0.05, 0) is 50.1 Å². The molecule has 0 bridgehead atoms. The van der Waals surface area contributed by atoms with E-state index >= 15 is 0 Å². The third-order valence-corrected chi connectivity index (χ3v) is 4.32. The van der Waals surface area contributed by atoms with Crippen molar-refractivity contribution < 1.29 is 4.21 Å². The molecule has 0 aromatic heterocycles. The third kappa shape index (κ3) is 2.64. The van der Waals surface area contributed by atoms with E-state index in [0.29, 0.717) is 0 Å². The van der Waals surface area contributed by atoms with Gasteiger partial charge in [-0.2, -0.15) is 0 Å². The van der Waals surface area contributed by atoms with Gasteiger partial charge in [0.15, 0.2) is 0 Å². The van der Waals surface area contributed by atoms with Crippen LogP contribution in [-0.4, -0.2) is 4.21 Å². The predicted octanol–water partition coefficient (Wildman–Crippen LogP) is 3.78. The summed E-state index contributed by atoms with van der Waals surface area (Å²) in [5, 5.41) is 0. The molecule has 0 heterocycles. The molecule has 0 fully saturated rings. The minimum absolute atomic E-state index is 0.865. The number of hydrogen-bond donors (Lipinski definition) is 0. The molecule has 17 heavy (non-hydrogen) atoms. The van der Waals surface area contributed by atoms with Crippen LogP contribution in [0.25, 0.3) is 0 Å². The lowest BCUT2D eigenvalue weighted by atomic mass is 10.2. The van der Waals surface area contributed by atoms with E-state index in [1.165, 1.54) is 5.56 Å². The van der Waals surface area contributed by atoms with Crippen LogP contribution < -0.4 is 0 Å². The van der Waals surface area contributed by atoms with Crippen molar-refractivity contribution in [3.05, 3.63) is 59.2 Å². The van der Waals surface area contributed by atoms with E-state index in [1.807, 2.05) is 63.2 Å². The average molecular weight is 244 g/mol. The zero-order chi connectivity index (χ0) is 12.4. The molecular formula is C15H16OS. The summed E-state index contributed by atoms with van der Waals surface area (Å²) in [7, 11) is -1.08. The lowest BCUT2D eigenvalue weighted by Crippen LogP contribution is -1.96. The Morgan fingerprint density at radius 2 is 1.41 bits per heavy atom. The molecule has 0 aliphatic heterocycles. The summed E-state index contributed by atoms with van der Waals surface area (Å²) in [5.41, 5.74) is 3.41. The highest BCUT2D eigenvalue weighted by Crippen LogP contribution is 2.21. The van der Waals surface area contributed by atoms with E-state index in [2.05, 4.69) is 0 Å². The summed E-state index contributed by atoms with van der Waals surface area (Å²) in [6.07, 6.45) is 0. The molecule has 88 valence electrons. The molecule has 0 spiro atoms. The van der Waals surface area contributed by atoms with Crippen LogP contribution in [0.4, 0.5) is 0 Å². The molecule has 0 aliphatic rings. The van der Waals surface area contributed by atoms with Crippen molar-refractivity contribution in [3.8, 4) is 0 Å². The maximum absolute atomic E-state index is 12.4. The van der Waals surface area contributed by atoms with Crippen LogP contribution in [0.15, 0.2) is 52.3 Å². The fourth-order valence-electron chi connectivity index (χ4n) is 1.70. The smallest absolute Gasteiger partial charge is 0.0852 e. The second kappa shape index (κ2) is 4.84. The molecule has 0 saturated carbocycles. The van der Waals surface area contributed by atoms with Crippen molar-refractivity contribution in [2.24, 2.45) is 0 Å². The van der Waals surface area contributed by atoms with Gasteiger partial charge in [0.05, 0.1) is 10.8 Å². The summed E-state index contributed by atoms with van der Waals surface area (Å²) in [5.74, 6) is 0. The summed E-state index contributed by atoms with van der Waals surface area (Å²) in [6.45, 7) is 6.06. The Balaban J connectivity index is 2.43. The Bertz CT molecular complexity index is 556. The lowest BCUT2D eigenvalue weighted by Gasteiger charge is -2.07. The highest BCUT2D eigenvalue weighted by atomic mass is 32.2. The monoisotopic (exact) mass is 244 g/mol. The first-order chi connectivity index (χ1) is 8.08. The van der Waals surface area contributed by atoms with E-state index in [4.69, 9.17) is 0 Å². The van der Waals surface area contributed by atoms with Crippen LogP contribution >= 0.6 is 0 Å². The van der Waals surface area contributed by atoms with E-state index in [-0.39, 0.29) is 0 Å². The van der Waals surface area contributed by atoms with Crippen LogP contribution in [-0.2, 0) is 10.8 Å². The fourth-order valence-corrected chi connectivity index (χ4v) is 2.99. The molecule has 0 saturated heterocycles. The van der Waals surface area contributed by atoms with Crippen LogP contribution in [0.5, 0.6) is 0 Å². The Kier molecular flexibility index (Phi) is 3.43. The van der Waals surface area contributed by atoms with E-state index in [9.17, 15) is 4.21 Å². The topological polar surface area (TPSA) is 17.1 Å². The standard InChI is InChI=1S/C15H16OS/c1-11-5-8-14(9-6-11)17(16)15-10-12(2)4-7-13(15)3/h4-10H,1-3H3. The maximum Gasteiger partial charge on any atom is 0.0852 e. The molecule has 2 rings (SSSR count). The van der Waals surface area contributed by atoms with Crippen LogP contribution in [0.3, 0.4) is 0 Å². The second-order valence-electron chi connectivity index (χ2n) is 4.35. The van der Waals surface area contributed by atoms with Gasteiger partial charge < -0.3 is 0 Å². The first-order valence-corrected chi connectivity index (χ1v) is 6.78. The van der Waals surface area contributed by atoms with Crippen molar-refractivity contribution in [1.29, 1.82) is 0 Å². The van der Waals surface area contributed by atoms with Crippen molar-refractivity contribution in [2.75, 3.05) is 0 Å². The normalized spacial score (nSPS) is 12.4. The van der Waals surface area contributed by atoms with Gasteiger partial charge in [0.2, 0.25) is 0 Å². The zero-order valence-corrected chi connectivity index (χ0v) is 11.2. The minimum Gasteiger partial charge on any atom is -0.249 e. The Morgan fingerprint density at radius 3 is 2.06 bits per heavy atom. The summed E-state index contributed by atoms with van der Waals surface area (Å²) < 4.78 is 12.4. The van der Waals surface area contributed by atoms with E-state index in [0.717, 1.165) is 20.9 Å². The predicted molar refractivity (Wildman–Crippen MR) is 71.8 cm³/mol. The highest BCUT2D eigenvalue weighted by Gasteiger charge is 2.09. The first kappa shape index (κ1) is 12.1.